The SMILES string of the molecule is CC(=O)Nc1cc2c(-c3cc(OC4COC4)c4c(n3)C3(CCOC3)OCC4=O)c[nH]c2cn1. The van der Waals surface area contributed by atoms with Gasteiger partial charge >= 0.3 is 0 Å². The average Bonchev–Trinajstić information content (AvgIpc) is 3.40. The molecule has 10 nitrogen and oxygen atoms in total. The predicted molar refractivity (Wildman–Crippen MR) is 116 cm³/mol. The number of aromatic amines is 1. The van der Waals surface area contributed by atoms with Crippen molar-refractivity contribution in [3.63, 3.8) is 0 Å². The monoisotopic (exact) mass is 450 g/mol. The third kappa shape index (κ3) is 3.38. The lowest BCUT2D eigenvalue weighted by Crippen LogP contribution is -2.42. The molecule has 170 valence electrons. The molecule has 0 aromatic carbocycles. The third-order valence-electron chi connectivity index (χ3n) is 6.21. The van der Waals surface area contributed by atoms with Crippen LogP contribution in [-0.2, 0) is 24.6 Å². The summed E-state index contributed by atoms with van der Waals surface area (Å²) in [6, 6.07) is 3.59. The summed E-state index contributed by atoms with van der Waals surface area (Å²) >= 11 is 0. The fraction of sp³-hybridized carbons (Fsp3) is 0.391. The van der Waals surface area contributed by atoms with E-state index in [1.807, 2.05) is 6.20 Å². The molecule has 0 radical (unpaired) electrons. The number of anilines is 1. The van der Waals surface area contributed by atoms with Gasteiger partial charge in [-0.2, -0.15) is 0 Å². The van der Waals surface area contributed by atoms with Crippen molar-refractivity contribution in [1.29, 1.82) is 0 Å². The van der Waals surface area contributed by atoms with E-state index in [1.165, 1.54) is 6.92 Å². The van der Waals surface area contributed by atoms with Crippen LogP contribution >= 0.6 is 0 Å². The van der Waals surface area contributed by atoms with Crippen molar-refractivity contribution in [2.75, 3.05) is 38.4 Å². The van der Waals surface area contributed by atoms with Crippen LogP contribution in [0.5, 0.6) is 5.75 Å². The van der Waals surface area contributed by atoms with Crippen LogP contribution in [0.25, 0.3) is 22.2 Å². The standard InChI is InChI=1S/C23H22N4O6/c1-12(28)26-20-4-14-15(6-24-17(14)7-25-20)16-5-19(33-13-8-31-9-13)21-18(29)10-32-23(22(21)27-16)2-3-30-11-23/h4-7,13,24H,2-3,8-11H2,1H3,(H,25,26,28). The number of rotatable bonds is 4. The predicted octanol–water partition coefficient (Wildman–Crippen LogP) is 2.19. The van der Waals surface area contributed by atoms with E-state index < -0.39 is 5.60 Å². The first-order chi connectivity index (χ1) is 16.0. The Morgan fingerprint density at radius 1 is 1.30 bits per heavy atom. The fourth-order valence-corrected chi connectivity index (χ4v) is 4.49. The molecule has 3 aliphatic heterocycles. The van der Waals surface area contributed by atoms with Crippen LogP contribution in [0, 0.1) is 0 Å². The molecule has 1 atom stereocenters. The smallest absolute Gasteiger partial charge is 0.222 e. The van der Waals surface area contributed by atoms with E-state index in [-0.39, 0.29) is 24.4 Å². The Bertz CT molecular complexity index is 1280. The topological polar surface area (TPSA) is 125 Å². The molecular weight excluding hydrogens is 428 g/mol. The summed E-state index contributed by atoms with van der Waals surface area (Å²) < 4.78 is 23.1. The van der Waals surface area contributed by atoms with Gasteiger partial charge in [0.25, 0.3) is 0 Å². The van der Waals surface area contributed by atoms with Gasteiger partial charge in [0, 0.05) is 43.2 Å². The van der Waals surface area contributed by atoms with Crippen molar-refractivity contribution in [3.8, 4) is 17.0 Å². The average molecular weight is 450 g/mol. The quantitative estimate of drug-likeness (QED) is 0.620. The van der Waals surface area contributed by atoms with E-state index in [9.17, 15) is 9.59 Å². The molecule has 2 fully saturated rings. The number of ether oxygens (including phenoxy) is 4. The third-order valence-corrected chi connectivity index (χ3v) is 6.21. The van der Waals surface area contributed by atoms with Crippen LogP contribution < -0.4 is 10.1 Å². The van der Waals surface area contributed by atoms with E-state index in [0.717, 1.165) is 16.5 Å². The number of pyridine rings is 2. The second-order valence-electron chi connectivity index (χ2n) is 8.51. The molecule has 0 aliphatic carbocycles. The summed E-state index contributed by atoms with van der Waals surface area (Å²) in [5, 5.41) is 3.54. The van der Waals surface area contributed by atoms with E-state index in [1.54, 1.807) is 18.3 Å². The van der Waals surface area contributed by atoms with Gasteiger partial charge in [-0.3, -0.25) is 9.59 Å². The van der Waals surface area contributed by atoms with Gasteiger partial charge in [-0.1, -0.05) is 0 Å². The number of ketones is 1. The van der Waals surface area contributed by atoms with E-state index >= 15 is 0 Å². The van der Waals surface area contributed by atoms with Crippen molar-refractivity contribution < 1.29 is 28.5 Å². The minimum Gasteiger partial charge on any atom is -0.485 e. The maximum atomic E-state index is 12.9. The zero-order valence-corrected chi connectivity index (χ0v) is 18.0. The summed E-state index contributed by atoms with van der Waals surface area (Å²) in [6.07, 6.45) is 3.98. The second-order valence-corrected chi connectivity index (χ2v) is 8.51. The lowest BCUT2D eigenvalue weighted by Gasteiger charge is -2.35. The highest BCUT2D eigenvalue weighted by molar-refractivity contribution is 6.03. The van der Waals surface area contributed by atoms with Gasteiger partial charge < -0.3 is 29.2 Å². The maximum absolute atomic E-state index is 12.9. The molecule has 3 aromatic heterocycles. The first-order valence-corrected chi connectivity index (χ1v) is 10.8. The van der Waals surface area contributed by atoms with Crippen LogP contribution in [0.2, 0.25) is 0 Å². The molecule has 1 amide bonds. The second kappa shape index (κ2) is 7.62. The Morgan fingerprint density at radius 2 is 2.18 bits per heavy atom. The Kier molecular flexibility index (Phi) is 4.68. The summed E-state index contributed by atoms with van der Waals surface area (Å²) in [6.45, 7) is 3.22. The van der Waals surface area contributed by atoms with Crippen LogP contribution in [0.4, 0.5) is 5.82 Å². The van der Waals surface area contributed by atoms with Crippen LogP contribution in [0.3, 0.4) is 0 Å². The molecule has 3 aromatic rings. The Hall–Kier alpha value is -3.34. The van der Waals surface area contributed by atoms with Crippen molar-refractivity contribution in [2.24, 2.45) is 0 Å². The number of carbonyl (C=O) groups excluding carboxylic acids is 2. The zero-order chi connectivity index (χ0) is 22.6. The van der Waals surface area contributed by atoms with Gasteiger partial charge in [0.05, 0.1) is 48.5 Å². The number of hydrogen-bond donors (Lipinski definition) is 2. The van der Waals surface area contributed by atoms with Gasteiger partial charge in [0.2, 0.25) is 5.91 Å². The molecule has 10 heteroatoms. The lowest BCUT2D eigenvalue weighted by atomic mass is 9.88. The molecule has 0 bridgehead atoms. The molecule has 2 saturated heterocycles. The van der Waals surface area contributed by atoms with Crippen molar-refractivity contribution in [3.05, 3.63) is 35.8 Å². The van der Waals surface area contributed by atoms with E-state index in [2.05, 4.69) is 15.3 Å². The highest BCUT2D eigenvalue weighted by atomic mass is 16.6. The van der Waals surface area contributed by atoms with Gasteiger partial charge in [0.15, 0.2) is 5.78 Å². The summed E-state index contributed by atoms with van der Waals surface area (Å²) in [5.74, 6) is 0.556. The summed E-state index contributed by atoms with van der Waals surface area (Å²) in [4.78, 5) is 36.8. The number of amides is 1. The number of Topliss-reactive ketones (excluding diaryl/α,β-unsaturated/α-hetero) is 1. The normalized spacial score (nSPS) is 22.4. The minimum atomic E-state index is -0.775. The van der Waals surface area contributed by atoms with Crippen LogP contribution in [0.15, 0.2) is 24.5 Å². The zero-order valence-electron chi connectivity index (χ0n) is 18.0. The van der Waals surface area contributed by atoms with Gasteiger partial charge in [-0.15, -0.1) is 0 Å². The maximum Gasteiger partial charge on any atom is 0.222 e. The summed E-state index contributed by atoms with van der Waals surface area (Å²) in [7, 11) is 0. The van der Waals surface area contributed by atoms with Crippen molar-refractivity contribution in [2.45, 2.75) is 25.0 Å². The van der Waals surface area contributed by atoms with Crippen LogP contribution in [-0.4, -0.2) is 65.8 Å². The molecule has 6 heterocycles. The van der Waals surface area contributed by atoms with Gasteiger partial charge in [-0.25, -0.2) is 9.97 Å². The number of hydrogen-bond acceptors (Lipinski definition) is 8. The minimum absolute atomic E-state index is 0.0340. The first kappa shape index (κ1) is 20.3. The summed E-state index contributed by atoms with van der Waals surface area (Å²) in [5.41, 5.74) is 2.45. The lowest BCUT2D eigenvalue weighted by molar-refractivity contribution is -0.114. The van der Waals surface area contributed by atoms with Gasteiger partial charge in [0.1, 0.15) is 29.9 Å². The molecule has 0 saturated carbocycles. The van der Waals surface area contributed by atoms with E-state index in [4.69, 9.17) is 23.9 Å². The van der Waals surface area contributed by atoms with E-state index in [0.29, 0.717) is 61.4 Å². The number of nitrogens with zero attached hydrogens (tertiary/aromatic N) is 2. The number of carbonyl (C=O) groups is 2. The molecule has 3 aliphatic rings. The number of H-pyrrole nitrogens is 1. The molecule has 1 unspecified atom stereocenters. The molecule has 2 N–H and O–H groups in total. The van der Waals surface area contributed by atoms with Gasteiger partial charge in [-0.05, 0) is 6.07 Å². The molecular formula is C23H22N4O6. The molecule has 1 spiro atoms. The number of fused-ring (bicyclic) bond motifs is 3. The molecule has 33 heavy (non-hydrogen) atoms. The van der Waals surface area contributed by atoms with Crippen LogP contribution in [0.1, 0.15) is 29.4 Å². The largest absolute Gasteiger partial charge is 0.485 e. The molecule has 6 rings (SSSR count). The number of aromatic nitrogens is 3. The Labute approximate surface area is 188 Å². The Morgan fingerprint density at radius 3 is 2.91 bits per heavy atom. The van der Waals surface area contributed by atoms with Crippen molar-refractivity contribution in [1.82, 2.24) is 15.0 Å². The first-order valence-electron chi connectivity index (χ1n) is 10.8. The highest BCUT2D eigenvalue weighted by Gasteiger charge is 2.47. The fourth-order valence-electron chi connectivity index (χ4n) is 4.49. The Balaban J connectivity index is 1.53. The van der Waals surface area contributed by atoms with Crippen molar-refractivity contribution >= 4 is 28.4 Å². The number of nitrogens with one attached hydrogen (secondary N) is 2. The highest BCUT2D eigenvalue weighted by Crippen LogP contribution is 2.44.